The van der Waals surface area contributed by atoms with Crippen LogP contribution in [-0.2, 0) is 29.1 Å². The number of methoxy groups -OCH3 is 2. The zero-order valence-corrected chi connectivity index (χ0v) is 52.4. The topological polar surface area (TPSA) is 203 Å². The maximum Gasteiger partial charge on any atom is 0.387 e. The highest BCUT2D eigenvalue weighted by atomic mass is 79.9. The van der Waals surface area contributed by atoms with Gasteiger partial charge in [0.1, 0.15) is 17.2 Å². The van der Waals surface area contributed by atoms with Crippen LogP contribution in [0.1, 0.15) is 66.9 Å². The molecule has 6 aromatic carbocycles. The lowest BCUT2D eigenvalue weighted by Gasteiger charge is -2.18. The van der Waals surface area contributed by atoms with Gasteiger partial charge in [-0.1, -0.05) is 82.7 Å². The van der Waals surface area contributed by atoms with E-state index in [1.54, 1.807) is 126 Å². The van der Waals surface area contributed by atoms with Crippen molar-refractivity contribution >= 4 is 60.5 Å². The monoisotopic (exact) mass is 1360 g/mol. The van der Waals surface area contributed by atoms with Crippen LogP contribution >= 0.6 is 15.9 Å². The number of nitrogens with zero attached hydrogens (tertiary/aromatic N) is 10. The molecule has 27 heteroatoms. The number of para-hydroxylation sites is 3. The second kappa shape index (κ2) is 28.6. The first-order chi connectivity index (χ1) is 45.7. The van der Waals surface area contributed by atoms with E-state index in [0.717, 1.165) is 56.1 Å². The number of aromatic nitrogens is 10. The number of fused-ring (bicyclic) bond motifs is 9. The number of anilines is 2. The molecule has 3 atom stereocenters. The van der Waals surface area contributed by atoms with E-state index in [4.69, 9.17) is 18.9 Å². The van der Waals surface area contributed by atoms with E-state index in [1.165, 1.54) is 18.2 Å². The molecule has 0 aliphatic carbocycles. The third-order valence-corrected chi connectivity index (χ3v) is 17.2. The van der Waals surface area contributed by atoms with E-state index >= 15 is 0 Å². The Morgan fingerprint density at radius 3 is 1.13 bits per heavy atom. The Morgan fingerprint density at radius 2 is 0.787 bits per heavy atom. The van der Waals surface area contributed by atoms with Gasteiger partial charge in [-0.2, -0.15) is 26.3 Å². The molecular weight excluding hydrogens is 1290 g/mol. The van der Waals surface area contributed by atoms with E-state index in [1.807, 2.05) is 50.4 Å². The summed E-state index contributed by atoms with van der Waals surface area (Å²) in [5, 5.41) is 8.07. The number of hydrogen-bond acceptors (Lipinski definition) is 14. The van der Waals surface area contributed by atoms with Crippen molar-refractivity contribution in [3.05, 3.63) is 204 Å². The Labute approximate surface area is 541 Å². The average molecular weight is 1360 g/mol. The molecule has 11 aromatic rings. The number of benzene rings is 6. The molecule has 5 aromatic heterocycles. The maximum absolute atomic E-state index is 13.0. The van der Waals surface area contributed by atoms with Crippen molar-refractivity contribution in [2.24, 2.45) is 0 Å². The van der Waals surface area contributed by atoms with Gasteiger partial charge in [0.15, 0.2) is 0 Å². The molecule has 0 radical (unpaired) electrons. The van der Waals surface area contributed by atoms with Crippen molar-refractivity contribution in [3.63, 3.8) is 0 Å². The lowest BCUT2D eigenvalue weighted by Crippen LogP contribution is -2.18. The van der Waals surface area contributed by atoms with E-state index in [9.17, 15) is 40.7 Å². The van der Waals surface area contributed by atoms with E-state index in [0.29, 0.717) is 110 Å². The average Bonchev–Trinajstić information content (AvgIpc) is 1.60. The Morgan fingerprint density at radius 1 is 0.457 bits per heavy atom. The fraction of sp³-hybridized carbons (Fsp3) is 0.299. The highest BCUT2D eigenvalue weighted by Crippen LogP contribution is 2.41. The lowest BCUT2D eigenvalue weighted by atomic mass is 10.0. The van der Waals surface area contributed by atoms with Crippen LogP contribution in [0.5, 0.6) is 17.2 Å². The Hall–Kier alpha value is -9.73. The molecule has 8 heterocycles. The lowest BCUT2D eigenvalue weighted by molar-refractivity contribution is -0.0513. The summed E-state index contributed by atoms with van der Waals surface area (Å²) in [4.78, 5) is 56.2. The molecule has 2 unspecified atom stereocenters. The predicted octanol–water partition coefficient (Wildman–Crippen LogP) is 12.8. The van der Waals surface area contributed by atoms with Crippen molar-refractivity contribution < 1.29 is 50.0 Å². The van der Waals surface area contributed by atoms with Crippen LogP contribution in [0.3, 0.4) is 0 Å². The molecule has 488 valence electrons. The molecule has 20 nitrogen and oxygen atoms in total. The van der Waals surface area contributed by atoms with Crippen LogP contribution in [0.15, 0.2) is 171 Å². The summed E-state index contributed by atoms with van der Waals surface area (Å²) >= 11 is 3.42. The number of alkyl halides is 6. The standard InChI is InChI=1S/2C25H25F2N5O3.C17H13BrF2N2O2/c2*1-34-12-4-10-28-25-29-14-17(15-30-25)16-7-8-19-21(13-16)32-20(9-11-31(32)23(19)33)18-5-2-3-6-22(18)35-24(26)27;18-10-5-6-12-14(9-10)22-13(7-8-21(22)16(12)23)11-3-1-2-4-15(11)24-17(19)20/h2*2-3,5-8,13-15,20,24H,4,9-12H2,1H3,(H,28,29,30);1-6,9,13,17H,7-8H2/t20-;;/m1../s1. The second-order valence-corrected chi connectivity index (χ2v) is 23.2. The number of ether oxygens (including phenoxy) is 5. The van der Waals surface area contributed by atoms with Crippen molar-refractivity contribution in [2.45, 2.75) is 89.7 Å². The first-order valence-electron chi connectivity index (χ1n) is 30.3. The third-order valence-electron chi connectivity index (χ3n) is 16.7. The van der Waals surface area contributed by atoms with E-state index in [2.05, 4.69) is 51.2 Å². The Bertz CT molecular complexity index is 4460. The van der Waals surface area contributed by atoms with Gasteiger partial charge in [-0.05, 0) is 104 Å². The number of rotatable bonds is 21. The maximum atomic E-state index is 13.0. The summed E-state index contributed by atoms with van der Waals surface area (Å²) in [6.07, 6.45) is 10.5. The van der Waals surface area contributed by atoms with E-state index in [-0.39, 0.29) is 52.1 Å². The Balaban J connectivity index is 0.000000138. The second-order valence-electron chi connectivity index (χ2n) is 22.2. The fourth-order valence-corrected chi connectivity index (χ4v) is 12.9. The zero-order valence-electron chi connectivity index (χ0n) is 50.8. The number of halogens is 7. The normalized spacial score (nSPS) is 15.5. The summed E-state index contributed by atoms with van der Waals surface area (Å²) in [7, 11) is 3.32. The van der Waals surface area contributed by atoms with Gasteiger partial charge in [-0.25, -0.2) is 34.0 Å². The molecule has 3 aliphatic rings. The van der Waals surface area contributed by atoms with Gasteiger partial charge >= 0.3 is 19.8 Å². The quantitative estimate of drug-likeness (QED) is 0.0508. The molecule has 0 saturated carbocycles. The SMILES string of the molecule is COCCCNc1ncc(-c2ccc3c(=O)n4n(c3c2)C(c2ccccc2OC(F)F)CC4)cn1.COCCCNc1ncc(-c2ccc3c(=O)n4n(c3c2)[C@@H](c2ccccc2OC(F)F)CC4)cn1.O=c1c2ccc(Br)cc2n2n1CCC2c1ccccc1OC(F)F. The number of hydrogen-bond donors (Lipinski definition) is 2. The zero-order chi connectivity index (χ0) is 65.6. The van der Waals surface area contributed by atoms with Gasteiger partial charge in [-0.15, -0.1) is 0 Å². The largest absolute Gasteiger partial charge is 0.434 e. The van der Waals surface area contributed by atoms with Crippen molar-refractivity contribution in [1.82, 2.24) is 48.0 Å². The number of nitrogens with one attached hydrogen (secondary N) is 2. The minimum atomic E-state index is -2.93. The molecule has 0 saturated heterocycles. The van der Waals surface area contributed by atoms with Gasteiger partial charge in [0.2, 0.25) is 11.9 Å². The molecule has 0 fully saturated rings. The van der Waals surface area contributed by atoms with Gasteiger partial charge in [-0.3, -0.25) is 28.4 Å². The highest BCUT2D eigenvalue weighted by molar-refractivity contribution is 9.10. The van der Waals surface area contributed by atoms with Crippen molar-refractivity contribution in [3.8, 4) is 39.5 Å². The van der Waals surface area contributed by atoms with Gasteiger partial charge in [0.05, 0.1) is 50.8 Å². The fourth-order valence-electron chi connectivity index (χ4n) is 12.6. The summed E-state index contributed by atoms with van der Waals surface area (Å²) in [5.41, 5.74) is 7.17. The molecular formula is C67H63BrF6N12O8. The first kappa shape index (κ1) is 64.4. The van der Waals surface area contributed by atoms with Crippen LogP contribution in [-0.4, -0.2) is 108 Å². The predicted molar refractivity (Wildman–Crippen MR) is 346 cm³/mol. The Kier molecular flexibility index (Phi) is 19.6. The van der Waals surface area contributed by atoms with Gasteiger partial charge < -0.3 is 34.3 Å². The summed E-state index contributed by atoms with van der Waals surface area (Å²) in [6, 6.07) is 36.0. The third kappa shape index (κ3) is 13.4. The van der Waals surface area contributed by atoms with Crippen LogP contribution < -0.4 is 41.5 Å². The van der Waals surface area contributed by atoms with Crippen LogP contribution in [0.25, 0.3) is 55.0 Å². The first-order valence-corrected chi connectivity index (χ1v) is 31.1. The highest BCUT2D eigenvalue weighted by Gasteiger charge is 2.34. The van der Waals surface area contributed by atoms with Gasteiger partial charge in [0.25, 0.3) is 16.7 Å². The molecule has 0 amide bonds. The van der Waals surface area contributed by atoms with Crippen molar-refractivity contribution in [1.29, 1.82) is 0 Å². The molecule has 0 bridgehead atoms. The van der Waals surface area contributed by atoms with Crippen LogP contribution in [0.4, 0.5) is 38.2 Å². The summed E-state index contributed by atoms with van der Waals surface area (Å²) in [5.74, 6) is 1.45. The molecule has 2 N–H and O–H groups in total. The minimum absolute atomic E-state index is 0.0627. The molecule has 3 aliphatic heterocycles. The molecule has 14 rings (SSSR count). The molecule has 0 spiro atoms. The van der Waals surface area contributed by atoms with Crippen molar-refractivity contribution in [2.75, 3.05) is 51.2 Å². The summed E-state index contributed by atoms with van der Waals surface area (Å²) in [6.45, 7) is -4.49. The van der Waals surface area contributed by atoms with Crippen LogP contribution in [0.2, 0.25) is 0 Å². The summed E-state index contributed by atoms with van der Waals surface area (Å²) < 4.78 is 113. The molecule has 94 heavy (non-hydrogen) atoms. The van der Waals surface area contributed by atoms with E-state index < -0.39 is 19.8 Å². The minimum Gasteiger partial charge on any atom is -0.434 e. The van der Waals surface area contributed by atoms with Crippen LogP contribution in [0, 0.1) is 0 Å². The smallest absolute Gasteiger partial charge is 0.387 e. The van der Waals surface area contributed by atoms with Gasteiger partial charge in [0, 0.05) is 117 Å².